The van der Waals surface area contributed by atoms with Crippen LogP contribution in [0.5, 0.6) is 11.5 Å². The number of aryl methyl sites for hydroxylation is 1. The van der Waals surface area contributed by atoms with Gasteiger partial charge in [0.1, 0.15) is 23.0 Å². The van der Waals surface area contributed by atoms with Crippen LogP contribution in [0.3, 0.4) is 0 Å². The summed E-state index contributed by atoms with van der Waals surface area (Å²) in [6.07, 6.45) is 1.18. The van der Waals surface area contributed by atoms with Crippen molar-refractivity contribution in [3.63, 3.8) is 0 Å². The standard InChI is InChI=1S/C23H24N4O7S/c1-15-4-9-19(10-5-15)35(30,31)25-14-18-7-6-17(34-18)13-24-27-23(29)22(28)26-20-12-16(32-2)8-11-21(20)33-3/h4-13,25H,14H2,1-3H3,(H,26,28)(H,27,29)/b24-13+. The maximum Gasteiger partial charge on any atom is 0.329 e. The molecule has 0 atom stereocenters. The van der Waals surface area contributed by atoms with Crippen molar-refractivity contribution in [2.24, 2.45) is 5.10 Å². The van der Waals surface area contributed by atoms with E-state index >= 15 is 0 Å². The van der Waals surface area contributed by atoms with Gasteiger partial charge in [-0.1, -0.05) is 17.7 Å². The summed E-state index contributed by atoms with van der Waals surface area (Å²) in [6, 6.07) is 14.3. The average Bonchev–Trinajstić information content (AvgIpc) is 3.30. The average molecular weight is 501 g/mol. The van der Waals surface area contributed by atoms with Gasteiger partial charge in [0, 0.05) is 6.07 Å². The van der Waals surface area contributed by atoms with Crippen molar-refractivity contribution in [3.05, 3.63) is 71.7 Å². The molecule has 35 heavy (non-hydrogen) atoms. The molecule has 0 aliphatic rings. The predicted molar refractivity (Wildman–Crippen MR) is 128 cm³/mol. The minimum absolute atomic E-state index is 0.0822. The van der Waals surface area contributed by atoms with E-state index < -0.39 is 21.8 Å². The molecule has 0 aliphatic heterocycles. The number of rotatable bonds is 9. The fraction of sp³-hybridized carbons (Fsp3) is 0.174. The number of nitrogens with one attached hydrogen (secondary N) is 3. The van der Waals surface area contributed by atoms with Crippen molar-refractivity contribution in [2.45, 2.75) is 18.4 Å². The fourth-order valence-corrected chi connectivity index (χ4v) is 3.82. The number of methoxy groups -OCH3 is 2. The lowest BCUT2D eigenvalue weighted by atomic mass is 10.2. The number of carbonyl (C=O) groups is 2. The SMILES string of the molecule is COc1ccc(OC)c(NC(=O)C(=O)N/N=C/c2ccc(CNS(=O)(=O)c3ccc(C)cc3)o2)c1. The van der Waals surface area contributed by atoms with Crippen LogP contribution in [-0.2, 0) is 26.2 Å². The highest BCUT2D eigenvalue weighted by molar-refractivity contribution is 7.89. The number of ether oxygens (including phenoxy) is 2. The summed E-state index contributed by atoms with van der Waals surface area (Å²) in [5.74, 6) is -0.616. The molecule has 3 aromatic rings. The second-order valence-corrected chi connectivity index (χ2v) is 8.93. The number of carbonyl (C=O) groups excluding carboxylic acids is 2. The number of nitrogens with zero attached hydrogens (tertiary/aromatic N) is 1. The van der Waals surface area contributed by atoms with Gasteiger partial charge in [0.2, 0.25) is 10.0 Å². The van der Waals surface area contributed by atoms with Crippen LogP contribution >= 0.6 is 0 Å². The Kier molecular flexibility index (Phi) is 8.23. The third-order valence-electron chi connectivity index (χ3n) is 4.67. The summed E-state index contributed by atoms with van der Waals surface area (Å²) in [7, 11) is -0.811. The van der Waals surface area contributed by atoms with E-state index in [-0.39, 0.29) is 22.9 Å². The second-order valence-electron chi connectivity index (χ2n) is 7.16. The van der Waals surface area contributed by atoms with E-state index in [1.807, 2.05) is 6.92 Å². The van der Waals surface area contributed by atoms with Gasteiger partial charge in [0.05, 0.1) is 37.6 Å². The van der Waals surface area contributed by atoms with E-state index in [9.17, 15) is 18.0 Å². The molecule has 184 valence electrons. The van der Waals surface area contributed by atoms with E-state index in [1.54, 1.807) is 30.3 Å². The van der Waals surface area contributed by atoms with Gasteiger partial charge in [0.15, 0.2) is 0 Å². The summed E-state index contributed by atoms with van der Waals surface area (Å²) in [5, 5.41) is 6.10. The van der Waals surface area contributed by atoms with Gasteiger partial charge in [-0.25, -0.2) is 18.6 Å². The summed E-state index contributed by atoms with van der Waals surface area (Å²) in [6.45, 7) is 1.78. The molecule has 0 unspecified atom stereocenters. The summed E-state index contributed by atoms with van der Waals surface area (Å²) in [5.41, 5.74) is 3.28. The molecule has 0 saturated heterocycles. The lowest BCUT2D eigenvalue weighted by molar-refractivity contribution is -0.136. The van der Waals surface area contributed by atoms with E-state index in [4.69, 9.17) is 13.9 Å². The van der Waals surface area contributed by atoms with Crippen LogP contribution in [-0.4, -0.2) is 40.7 Å². The third-order valence-corrected chi connectivity index (χ3v) is 6.09. The van der Waals surface area contributed by atoms with Gasteiger partial charge < -0.3 is 19.2 Å². The van der Waals surface area contributed by atoms with Crippen molar-refractivity contribution in [3.8, 4) is 11.5 Å². The molecule has 0 fully saturated rings. The van der Waals surface area contributed by atoms with Gasteiger partial charge in [-0.15, -0.1) is 0 Å². The molecule has 12 heteroatoms. The molecule has 0 spiro atoms. The number of sulfonamides is 1. The molecular formula is C23H24N4O7S. The quantitative estimate of drug-likeness (QED) is 0.232. The van der Waals surface area contributed by atoms with Gasteiger partial charge in [-0.3, -0.25) is 9.59 Å². The first-order valence-corrected chi connectivity index (χ1v) is 11.7. The van der Waals surface area contributed by atoms with Crippen LogP contribution in [0.15, 0.2) is 69.0 Å². The monoisotopic (exact) mass is 500 g/mol. The minimum Gasteiger partial charge on any atom is -0.497 e. The molecule has 0 aliphatic carbocycles. The van der Waals surface area contributed by atoms with Crippen LogP contribution in [0, 0.1) is 6.92 Å². The van der Waals surface area contributed by atoms with E-state index in [0.717, 1.165) is 5.56 Å². The molecule has 3 rings (SSSR count). The molecule has 0 radical (unpaired) electrons. The highest BCUT2D eigenvalue weighted by Gasteiger charge is 2.17. The summed E-state index contributed by atoms with van der Waals surface area (Å²) >= 11 is 0. The maximum absolute atomic E-state index is 12.4. The summed E-state index contributed by atoms with van der Waals surface area (Å²) in [4.78, 5) is 24.4. The topological polar surface area (TPSA) is 148 Å². The molecule has 0 bridgehead atoms. The van der Waals surface area contributed by atoms with Crippen LogP contribution in [0.4, 0.5) is 5.69 Å². The van der Waals surface area contributed by atoms with Crippen molar-refractivity contribution >= 4 is 33.7 Å². The number of benzene rings is 2. The first-order chi connectivity index (χ1) is 16.7. The van der Waals surface area contributed by atoms with Gasteiger partial charge in [-0.05, 0) is 43.3 Å². The molecule has 0 saturated carbocycles. The largest absolute Gasteiger partial charge is 0.497 e. The molecule has 2 amide bonds. The second kappa shape index (κ2) is 11.3. The first-order valence-electron chi connectivity index (χ1n) is 10.2. The minimum atomic E-state index is -3.70. The third kappa shape index (κ3) is 6.91. The van der Waals surface area contributed by atoms with Crippen LogP contribution in [0.1, 0.15) is 17.1 Å². The van der Waals surface area contributed by atoms with Crippen molar-refractivity contribution in [1.29, 1.82) is 0 Å². The Balaban J connectivity index is 1.53. The predicted octanol–water partition coefficient (Wildman–Crippen LogP) is 2.17. The van der Waals surface area contributed by atoms with Gasteiger partial charge >= 0.3 is 11.8 Å². The van der Waals surface area contributed by atoms with Gasteiger partial charge in [-0.2, -0.15) is 5.10 Å². The van der Waals surface area contributed by atoms with Crippen LogP contribution in [0.2, 0.25) is 0 Å². The zero-order valence-corrected chi connectivity index (χ0v) is 20.0. The smallest absolute Gasteiger partial charge is 0.329 e. The van der Waals surface area contributed by atoms with Gasteiger partial charge in [0.25, 0.3) is 0 Å². The lowest BCUT2D eigenvalue weighted by Crippen LogP contribution is -2.32. The number of hydrazone groups is 1. The zero-order valence-electron chi connectivity index (χ0n) is 19.2. The Bertz CT molecular complexity index is 1330. The Morgan fingerprint density at radius 1 is 1.00 bits per heavy atom. The van der Waals surface area contributed by atoms with E-state index in [2.05, 4.69) is 20.6 Å². The normalized spacial score (nSPS) is 11.3. The number of hydrogen-bond acceptors (Lipinski definition) is 8. The van der Waals surface area contributed by atoms with E-state index in [0.29, 0.717) is 17.3 Å². The molecule has 11 nitrogen and oxygen atoms in total. The maximum atomic E-state index is 12.4. The number of anilines is 1. The van der Waals surface area contributed by atoms with E-state index in [1.165, 1.54) is 44.7 Å². The first kappa shape index (κ1) is 25.5. The number of amides is 2. The highest BCUT2D eigenvalue weighted by Crippen LogP contribution is 2.28. The van der Waals surface area contributed by atoms with Crippen molar-refractivity contribution in [1.82, 2.24) is 10.1 Å². The van der Waals surface area contributed by atoms with Crippen LogP contribution < -0.4 is 24.9 Å². The lowest BCUT2D eigenvalue weighted by Gasteiger charge is -2.10. The molecule has 3 N–H and O–H groups in total. The van der Waals surface area contributed by atoms with Crippen molar-refractivity contribution < 1.29 is 31.9 Å². The number of furan rings is 1. The van der Waals surface area contributed by atoms with Crippen molar-refractivity contribution in [2.75, 3.05) is 19.5 Å². The van der Waals surface area contributed by atoms with Crippen LogP contribution in [0.25, 0.3) is 0 Å². The zero-order chi connectivity index (χ0) is 25.4. The number of hydrogen-bond donors (Lipinski definition) is 3. The Labute approximate surface area is 202 Å². The summed E-state index contributed by atoms with van der Waals surface area (Å²) < 4.78 is 42.9. The Morgan fingerprint density at radius 2 is 1.74 bits per heavy atom. The molecule has 2 aromatic carbocycles. The Morgan fingerprint density at radius 3 is 2.43 bits per heavy atom. The Hall–Kier alpha value is -4.16. The molecule has 1 heterocycles. The molecule has 1 aromatic heterocycles. The highest BCUT2D eigenvalue weighted by atomic mass is 32.2. The fourth-order valence-electron chi connectivity index (χ4n) is 2.82. The molecular weight excluding hydrogens is 476 g/mol.